The normalized spacial score (nSPS) is 15.5. The fourth-order valence-corrected chi connectivity index (χ4v) is 2.23. The van der Waals surface area contributed by atoms with E-state index in [0.717, 1.165) is 11.1 Å². The molecule has 0 saturated heterocycles. The van der Waals surface area contributed by atoms with Crippen molar-refractivity contribution in [2.24, 2.45) is 10.1 Å². The summed E-state index contributed by atoms with van der Waals surface area (Å²) in [5, 5.41) is 16.8. The van der Waals surface area contributed by atoms with Crippen molar-refractivity contribution in [1.82, 2.24) is 5.32 Å². The maximum atomic E-state index is 11.1. The van der Waals surface area contributed by atoms with Gasteiger partial charge in [0.1, 0.15) is 6.20 Å². The molecule has 3 rings (SSSR count). The highest BCUT2D eigenvalue weighted by atomic mass is 16.5. The third kappa shape index (κ3) is 2.60. The van der Waals surface area contributed by atoms with E-state index in [9.17, 15) is 9.90 Å². The van der Waals surface area contributed by atoms with E-state index in [1.54, 1.807) is 22.7 Å². The SMILES string of the molecule is COc1ccc(-c2ccc3[n+](c2)=NC(NC(C)=O)N=3)cc1O. The van der Waals surface area contributed by atoms with Crippen LogP contribution in [0.2, 0.25) is 0 Å². The summed E-state index contributed by atoms with van der Waals surface area (Å²) in [6.45, 7) is 1.42. The van der Waals surface area contributed by atoms with Crippen LogP contribution in [0.3, 0.4) is 0 Å². The molecule has 0 saturated carbocycles. The summed E-state index contributed by atoms with van der Waals surface area (Å²) in [6, 6.07) is 8.85. The zero-order valence-corrected chi connectivity index (χ0v) is 12.1. The molecule has 22 heavy (non-hydrogen) atoms. The molecule has 112 valence electrons. The van der Waals surface area contributed by atoms with E-state index < -0.39 is 6.29 Å². The fourth-order valence-electron chi connectivity index (χ4n) is 2.23. The smallest absolute Gasteiger partial charge is 0.347 e. The van der Waals surface area contributed by atoms with Crippen LogP contribution in [-0.2, 0) is 4.79 Å². The van der Waals surface area contributed by atoms with Crippen molar-refractivity contribution < 1.29 is 19.0 Å². The van der Waals surface area contributed by atoms with Crippen LogP contribution < -0.4 is 19.9 Å². The summed E-state index contributed by atoms with van der Waals surface area (Å²) in [4.78, 5) is 15.3. The van der Waals surface area contributed by atoms with Crippen molar-refractivity contribution in [3.63, 3.8) is 0 Å². The van der Waals surface area contributed by atoms with Gasteiger partial charge in [0.25, 0.3) is 0 Å². The number of hydrogen-bond donors (Lipinski definition) is 2. The van der Waals surface area contributed by atoms with Gasteiger partial charge in [0, 0.05) is 18.6 Å². The quantitative estimate of drug-likeness (QED) is 0.806. The van der Waals surface area contributed by atoms with Crippen molar-refractivity contribution in [3.8, 4) is 22.6 Å². The van der Waals surface area contributed by atoms with Crippen LogP contribution in [0.5, 0.6) is 11.5 Å². The molecule has 1 atom stereocenters. The molecule has 2 aromatic rings. The average Bonchev–Trinajstić information content (AvgIpc) is 2.87. The summed E-state index contributed by atoms with van der Waals surface area (Å²) in [6.07, 6.45) is 1.19. The number of hydrogen-bond acceptors (Lipinski definition) is 5. The van der Waals surface area contributed by atoms with Crippen LogP contribution in [-0.4, -0.2) is 24.4 Å². The molecule has 1 aromatic heterocycles. The Hall–Kier alpha value is -2.96. The Kier molecular flexibility index (Phi) is 3.46. The largest absolute Gasteiger partial charge is 0.504 e. The molecule has 1 aliphatic rings. The predicted octanol–water partition coefficient (Wildman–Crippen LogP) is 0.440. The van der Waals surface area contributed by atoms with Crippen molar-refractivity contribution >= 4 is 5.91 Å². The van der Waals surface area contributed by atoms with Crippen molar-refractivity contribution in [1.29, 1.82) is 0 Å². The number of aromatic hydroxyl groups is 1. The van der Waals surface area contributed by atoms with E-state index in [0.29, 0.717) is 11.2 Å². The fraction of sp³-hybridized carbons (Fsp3) is 0.200. The number of nitrogens with one attached hydrogen (secondary N) is 1. The van der Waals surface area contributed by atoms with E-state index in [1.165, 1.54) is 14.0 Å². The highest BCUT2D eigenvalue weighted by molar-refractivity contribution is 5.73. The first-order chi connectivity index (χ1) is 10.6. The molecule has 1 unspecified atom stereocenters. The van der Waals surface area contributed by atoms with E-state index in [2.05, 4.69) is 15.4 Å². The molecule has 1 aliphatic heterocycles. The van der Waals surface area contributed by atoms with Gasteiger partial charge >= 0.3 is 11.8 Å². The third-order valence-electron chi connectivity index (χ3n) is 3.24. The Balaban J connectivity index is 1.98. The van der Waals surface area contributed by atoms with Gasteiger partial charge in [-0.25, -0.2) is 0 Å². The van der Waals surface area contributed by atoms with Gasteiger partial charge in [-0.1, -0.05) is 10.4 Å². The highest BCUT2D eigenvalue weighted by Gasteiger charge is 2.20. The second-order valence-electron chi connectivity index (χ2n) is 4.83. The minimum Gasteiger partial charge on any atom is -0.504 e. The van der Waals surface area contributed by atoms with E-state index in [1.807, 2.05) is 18.2 Å². The summed E-state index contributed by atoms with van der Waals surface area (Å²) in [7, 11) is 1.50. The van der Waals surface area contributed by atoms with Gasteiger partial charge in [-0.3, -0.25) is 10.1 Å². The van der Waals surface area contributed by atoms with Gasteiger partial charge in [0.05, 0.1) is 7.11 Å². The van der Waals surface area contributed by atoms with Gasteiger partial charge in [0.15, 0.2) is 11.5 Å². The first-order valence-corrected chi connectivity index (χ1v) is 6.69. The van der Waals surface area contributed by atoms with E-state index >= 15 is 0 Å². The summed E-state index contributed by atoms with van der Waals surface area (Å²) < 4.78 is 6.64. The Bertz CT molecular complexity index is 864. The number of fused-ring (bicyclic) bond motifs is 1. The van der Waals surface area contributed by atoms with Crippen LogP contribution in [0.1, 0.15) is 6.92 Å². The number of rotatable bonds is 3. The molecule has 0 spiro atoms. The summed E-state index contributed by atoms with van der Waals surface area (Å²) in [5.41, 5.74) is 2.34. The standard InChI is InChI=1S/C15H14N4O3/c1-9(20)16-15-17-14-6-4-11(8-19(14)18-15)10-3-5-13(22-2)12(21)7-10/h3-8,15H,1-2H3,(H-,16,20,21)/p+1. The number of carbonyl (C=O) groups is 1. The average molecular weight is 299 g/mol. The first kappa shape index (κ1) is 14.0. The molecule has 0 aliphatic carbocycles. The first-order valence-electron chi connectivity index (χ1n) is 6.69. The van der Waals surface area contributed by atoms with Gasteiger partial charge < -0.3 is 9.84 Å². The van der Waals surface area contributed by atoms with Crippen LogP contribution in [0, 0.1) is 0 Å². The minimum atomic E-state index is -0.600. The molecule has 1 aromatic carbocycles. The van der Waals surface area contributed by atoms with Crippen molar-refractivity contribution in [2.75, 3.05) is 7.11 Å². The molecule has 0 bridgehead atoms. The Morgan fingerprint density at radius 2 is 2.09 bits per heavy atom. The van der Waals surface area contributed by atoms with Gasteiger partial charge in [-0.15, -0.1) is 0 Å². The number of carbonyl (C=O) groups excluding carboxylic acids is 1. The number of pyridine rings is 1. The second kappa shape index (κ2) is 5.44. The Labute approximate surface area is 126 Å². The van der Waals surface area contributed by atoms with Crippen LogP contribution >= 0.6 is 0 Å². The number of nitrogens with zero attached hydrogens (tertiary/aromatic N) is 3. The molecule has 7 heteroatoms. The number of phenolic OH excluding ortho intramolecular Hbond substituents is 1. The molecule has 2 heterocycles. The van der Waals surface area contributed by atoms with Crippen LogP contribution in [0.25, 0.3) is 11.1 Å². The Morgan fingerprint density at radius 1 is 1.32 bits per heavy atom. The molecule has 2 N–H and O–H groups in total. The molecule has 0 fully saturated rings. The lowest BCUT2D eigenvalue weighted by atomic mass is 10.1. The van der Waals surface area contributed by atoms with Crippen molar-refractivity contribution in [3.05, 3.63) is 42.0 Å². The third-order valence-corrected chi connectivity index (χ3v) is 3.24. The maximum Gasteiger partial charge on any atom is 0.347 e. The summed E-state index contributed by atoms with van der Waals surface area (Å²) >= 11 is 0. The summed E-state index contributed by atoms with van der Waals surface area (Å²) in [5.74, 6) is 0.303. The highest BCUT2D eigenvalue weighted by Crippen LogP contribution is 2.30. The number of phenols is 1. The monoisotopic (exact) mass is 299 g/mol. The van der Waals surface area contributed by atoms with Gasteiger partial charge in [-0.05, 0) is 33.9 Å². The van der Waals surface area contributed by atoms with Gasteiger partial charge in [-0.2, -0.15) is 0 Å². The number of methoxy groups -OCH3 is 1. The second-order valence-corrected chi connectivity index (χ2v) is 4.83. The van der Waals surface area contributed by atoms with E-state index in [4.69, 9.17) is 4.74 Å². The lowest BCUT2D eigenvalue weighted by Gasteiger charge is -2.05. The van der Waals surface area contributed by atoms with Crippen LogP contribution in [0.15, 0.2) is 46.6 Å². The number of amides is 1. The molecule has 1 amide bonds. The predicted molar refractivity (Wildman–Crippen MR) is 76.9 cm³/mol. The van der Waals surface area contributed by atoms with E-state index in [-0.39, 0.29) is 11.7 Å². The molecular formula is C15H15N4O3+. The minimum absolute atomic E-state index is 0.0725. The zero-order chi connectivity index (χ0) is 15.7. The van der Waals surface area contributed by atoms with Crippen molar-refractivity contribution in [2.45, 2.75) is 13.2 Å². The maximum absolute atomic E-state index is 11.1. The number of ether oxygens (including phenoxy) is 1. The molecule has 7 nitrogen and oxygen atoms in total. The van der Waals surface area contributed by atoms with Crippen LogP contribution in [0.4, 0.5) is 0 Å². The molecule has 0 radical (unpaired) electrons. The topological polar surface area (TPSA) is 89.2 Å². The molecular weight excluding hydrogens is 284 g/mol. The lowest BCUT2D eigenvalue weighted by molar-refractivity contribution is -0.559. The van der Waals surface area contributed by atoms with Gasteiger partial charge in [0.2, 0.25) is 5.91 Å². The Morgan fingerprint density at radius 3 is 2.77 bits per heavy atom. The lowest BCUT2D eigenvalue weighted by Crippen LogP contribution is -2.33. The number of benzene rings is 1. The number of aromatic nitrogens is 1. The zero-order valence-electron chi connectivity index (χ0n) is 12.1.